The van der Waals surface area contributed by atoms with Gasteiger partial charge in [0.05, 0.1) is 17.5 Å². The molecule has 1 atom stereocenters. The number of aryl methyl sites for hydroxylation is 1. The molecule has 0 spiro atoms. The molecule has 2 rings (SSSR count). The highest BCUT2D eigenvalue weighted by Gasteiger charge is 2.26. The standard InChI is InChI=1S/C18H28N2O4S/c1-4-24-17-10-9-16(13-14(17)2)25(22,23)19-15(3)18(21)20-11-7-5-6-8-12-20/h9-10,13,15,19H,4-8,11-12H2,1-3H3/t15-/m1/s1. The van der Waals surface area contributed by atoms with Crippen LogP contribution in [0.3, 0.4) is 0 Å². The van der Waals surface area contributed by atoms with Crippen molar-refractivity contribution in [2.24, 2.45) is 0 Å². The molecule has 1 aliphatic rings. The molecule has 1 fully saturated rings. The third-order valence-electron chi connectivity index (χ3n) is 4.38. The number of hydrogen-bond acceptors (Lipinski definition) is 4. The minimum atomic E-state index is -3.76. The number of likely N-dealkylation sites (tertiary alicyclic amines) is 1. The maximum atomic E-state index is 12.6. The summed E-state index contributed by atoms with van der Waals surface area (Å²) >= 11 is 0. The van der Waals surface area contributed by atoms with E-state index in [0.717, 1.165) is 31.2 Å². The monoisotopic (exact) mass is 368 g/mol. The van der Waals surface area contributed by atoms with Crippen molar-refractivity contribution in [2.45, 2.75) is 57.4 Å². The average Bonchev–Trinajstić information content (AvgIpc) is 2.85. The van der Waals surface area contributed by atoms with E-state index in [-0.39, 0.29) is 10.8 Å². The highest BCUT2D eigenvalue weighted by molar-refractivity contribution is 7.89. The van der Waals surface area contributed by atoms with Gasteiger partial charge in [-0.1, -0.05) is 12.8 Å². The number of benzene rings is 1. The Morgan fingerprint density at radius 3 is 2.44 bits per heavy atom. The van der Waals surface area contributed by atoms with Crippen molar-refractivity contribution >= 4 is 15.9 Å². The lowest BCUT2D eigenvalue weighted by atomic mass is 10.2. The van der Waals surface area contributed by atoms with Crippen molar-refractivity contribution in [1.29, 1.82) is 0 Å². The molecular formula is C18H28N2O4S. The number of hydrogen-bond donors (Lipinski definition) is 1. The smallest absolute Gasteiger partial charge is 0.241 e. The molecule has 1 aromatic rings. The molecule has 0 bridgehead atoms. The second-order valence-electron chi connectivity index (χ2n) is 6.44. The summed E-state index contributed by atoms with van der Waals surface area (Å²) in [5, 5.41) is 0. The molecule has 0 unspecified atom stereocenters. The summed E-state index contributed by atoms with van der Waals surface area (Å²) in [5.74, 6) is 0.503. The molecule has 0 radical (unpaired) electrons. The molecule has 1 amide bonds. The van der Waals surface area contributed by atoms with Crippen LogP contribution in [0.25, 0.3) is 0 Å². The topological polar surface area (TPSA) is 75.7 Å². The van der Waals surface area contributed by atoms with Gasteiger partial charge in [-0.25, -0.2) is 8.42 Å². The largest absolute Gasteiger partial charge is 0.494 e. The Bertz CT molecular complexity index is 695. The molecule has 25 heavy (non-hydrogen) atoms. The van der Waals surface area contributed by atoms with Crippen LogP contribution >= 0.6 is 0 Å². The van der Waals surface area contributed by atoms with Gasteiger partial charge in [0.15, 0.2) is 0 Å². The Hall–Kier alpha value is -1.60. The van der Waals surface area contributed by atoms with Gasteiger partial charge in [0.25, 0.3) is 0 Å². The van der Waals surface area contributed by atoms with Gasteiger partial charge >= 0.3 is 0 Å². The van der Waals surface area contributed by atoms with E-state index in [4.69, 9.17) is 4.74 Å². The lowest BCUT2D eigenvalue weighted by Gasteiger charge is -2.24. The Morgan fingerprint density at radius 2 is 1.88 bits per heavy atom. The molecule has 140 valence electrons. The normalized spacial score (nSPS) is 17.0. The summed E-state index contributed by atoms with van der Waals surface area (Å²) in [6.07, 6.45) is 4.19. The summed E-state index contributed by atoms with van der Waals surface area (Å²) in [5.41, 5.74) is 0.747. The van der Waals surface area contributed by atoms with E-state index in [1.54, 1.807) is 30.9 Å². The average molecular weight is 368 g/mol. The van der Waals surface area contributed by atoms with Crippen LogP contribution in [-0.4, -0.2) is 45.0 Å². The summed E-state index contributed by atoms with van der Waals surface area (Å²) in [4.78, 5) is 14.5. The minimum absolute atomic E-state index is 0.143. The van der Waals surface area contributed by atoms with Crippen molar-refractivity contribution in [1.82, 2.24) is 9.62 Å². The number of amides is 1. The first-order valence-electron chi connectivity index (χ1n) is 8.89. The van der Waals surface area contributed by atoms with Gasteiger partial charge < -0.3 is 9.64 Å². The van der Waals surface area contributed by atoms with Crippen molar-refractivity contribution in [3.05, 3.63) is 23.8 Å². The van der Waals surface area contributed by atoms with Crippen LogP contribution in [0.2, 0.25) is 0 Å². The Labute approximate surface area is 150 Å². The van der Waals surface area contributed by atoms with Crippen LogP contribution in [0.4, 0.5) is 0 Å². The van der Waals surface area contributed by atoms with E-state index >= 15 is 0 Å². The molecule has 7 heteroatoms. The van der Waals surface area contributed by atoms with E-state index in [9.17, 15) is 13.2 Å². The Kier molecular flexibility index (Phi) is 6.84. The van der Waals surface area contributed by atoms with Gasteiger partial charge in [0.1, 0.15) is 5.75 Å². The molecule has 0 aromatic heterocycles. The van der Waals surface area contributed by atoms with Crippen LogP contribution in [0, 0.1) is 6.92 Å². The highest BCUT2D eigenvalue weighted by atomic mass is 32.2. The number of nitrogens with one attached hydrogen (secondary N) is 1. The van der Waals surface area contributed by atoms with Crippen molar-refractivity contribution < 1.29 is 17.9 Å². The lowest BCUT2D eigenvalue weighted by Crippen LogP contribution is -2.47. The van der Waals surface area contributed by atoms with Crippen LogP contribution in [0.1, 0.15) is 45.1 Å². The zero-order chi connectivity index (χ0) is 18.4. The molecule has 1 saturated heterocycles. The number of carbonyl (C=O) groups excluding carboxylic acids is 1. The van der Waals surface area contributed by atoms with Gasteiger partial charge in [-0.3, -0.25) is 4.79 Å². The first-order chi connectivity index (χ1) is 11.8. The van der Waals surface area contributed by atoms with E-state index in [0.29, 0.717) is 25.4 Å². The first kappa shape index (κ1) is 19.7. The Morgan fingerprint density at radius 1 is 1.24 bits per heavy atom. The number of rotatable bonds is 6. The molecule has 1 heterocycles. The van der Waals surface area contributed by atoms with Crippen LogP contribution in [0.5, 0.6) is 5.75 Å². The third kappa shape index (κ3) is 5.19. The molecule has 1 N–H and O–H groups in total. The summed E-state index contributed by atoms with van der Waals surface area (Å²) in [7, 11) is -3.76. The fourth-order valence-electron chi connectivity index (χ4n) is 3.02. The second-order valence-corrected chi connectivity index (χ2v) is 8.16. The van der Waals surface area contributed by atoms with Crippen molar-refractivity contribution in [2.75, 3.05) is 19.7 Å². The van der Waals surface area contributed by atoms with Crippen LogP contribution < -0.4 is 9.46 Å². The summed E-state index contributed by atoms with van der Waals surface area (Å²) in [6.45, 7) is 7.20. The number of ether oxygens (including phenoxy) is 1. The molecule has 0 saturated carbocycles. The fourth-order valence-corrected chi connectivity index (χ4v) is 4.30. The maximum absolute atomic E-state index is 12.6. The van der Waals surface area contributed by atoms with Crippen molar-refractivity contribution in [3.63, 3.8) is 0 Å². The molecule has 0 aliphatic carbocycles. The van der Waals surface area contributed by atoms with Gasteiger partial charge in [-0.05, 0) is 57.4 Å². The number of carbonyl (C=O) groups is 1. The van der Waals surface area contributed by atoms with E-state index in [1.165, 1.54) is 6.07 Å². The van der Waals surface area contributed by atoms with Crippen molar-refractivity contribution in [3.8, 4) is 5.75 Å². The summed E-state index contributed by atoms with van der Waals surface area (Å²) in [6, 6.07) is 3.93. The third-order valence-corrected chi connectivity index (χ3v) is 5.92. The quantitative estimate of drug-likeness (QED) is 0.837. The number of sulfonamides is 1. The molecule has 6 nitrogen and oxygen atoms in total. The lowest BCUT2D eigenvalue weighted by molar-refractivity contribution is -0.132. The van der Waals surface area contributed by atoms with Gasteiger partial charge in [-0.2, -0.15) is 4.72 Å². The van der Waals surface area contributed by atoms with Gasteiger partial charge in [0.2, 0.25) is 15.9 Å². The predicted molar refractivity (Wildman–Crippen MR) is 97.2 cm³/mol. The van der Waals surface area contributed by atoms with Gasteiger partial charge in [-0.15, -0.1) is 0 Å². The Balaban J connectivity index is 2.09. The molecule has 1 aromatic carbocycles. The second kappa shape index (κ2) is 8.67. The maximum Gasteiger partial charge on any atom is 0.241 e. The zero-order valence-electron chi connectivity index (χ0n) is 15.2. The van der Waals surface area contributed by atoms with Gasteiger partial charge in [0, 0.05) is 13.1 Å². The zero-order valence-corrected chi connectivity index (χ0v) is 16.1. The SMILES string of the molecule is CCOc1ccc(S(=O)(=O)N[C@H](C)C(=O)N2CCCCCC2)cc1C. The summed E-state index contributed by atoms with van der Waals surface area (Å²) < 4.78 is 33.1. The molecular weight excluding hydrogens is 340 g/mol. The van der Waals surface area contributed by atoms with Crippen LogP contribution in [-0.2, 0) is 14.8 Å². The van der Waals surface area contributed by atoms with E-state index in [1.807, 2.05) is 6.92 Å². The van der Waals surface area contributed by atoms with Crippen LogP contribution in [0.15, 0.2) is 23.1 Å². The minimum Gasteiger partial charge on any atom is -0.494 e. The predicted octanol–water partition coefficient (Wildman–Crippen LogP) is 2.46. The highest BCUT2D eigenvalue weighted by Crippen LogP contribution is 2.22. The first-order valence-corrected chi connectivity index (χ1v) is 10.4. The number of nitrogens with zero attached hydrogens (tertiary/aromatic N) is 1. The molecule has 1 aliphatic heterocycles. The fraction of sp³-hybridized carbons (Fsp3) is 0.611. The van der Waals surface area contributed by atoms with E-state index in [2.05, 4.69) is 4.72 Å². The van der Waals surface area contributed by atoms with E-state index < -0.39 is 16.1 Å².